The standard InChI is InChI=1S/C16H25NO2S/c1-3-13-10-11-14(20-13)15(16(18)19-4-2)17-12-8-6-5-7-9-12/h10-12,15,17H,3-9H2,1-2H3. The first-order valence-electron chi connectivity index (χ1n) is 7.75. The van der Waals surface area contributed by atoms with E-state index < -0.39 is 0 Å². The summed E-state index contributed by atoms with van der Waals surface area (Å²) in [4.78, 5) is 14.6. The van der Waals surface area contributed by atoms with Gasteiger partial charge in [0, 0.05) is 15.8 Å². The summed E-state index contributed by atoms with van der Waals surface area (Å²) in [6, 6.07) is 4.35. The number of hydrogen-bond donors (Lipinski definition) is 1. The lowest BCUT2D eigenvalue weighted by atomic mass is 9.95. The first-order chi connectivity index (χ1) is 9.74. The van der Waals surface area contributed by atoms with Gasteiger partial charge >= 0.3 is 5.97 Å². The lowest BCUT2D eigenvalue weighted by Crippen LogP contribution is -2.38. The fourth-order valence-corrected chi connectivity index (χ4v) is 3.74. The number of ether oxygens (including phenoxy) is 1. The van der Waals surface area contributed by atoms with Gasteiger partial charge in [-0.3, -0.25) is 5.32 Å². The summed E-state index contributed by atoms with van der Waals surface area (Å²) in [7, 11) is 0. The highest BCUT2D eigenvalue weighted by Gasteiger charge is 2.27. The van der Waals surface area contributed by atoms with Gasteiger partial charge in [-0.2, -0.15) is 0 Å². The second-order valence-electron chi connectivity index (χ2n) is 5.34. The molecule has 3 nitrogen and oxygen atoms in total. The number of hydrogen-bond acceptors (Lipinski definition) is 4. The van der Waals surface area contributed by atoms with E-state index in [9.17, 15) is 4.79 Å². The van der Waals surface area contributed by atoms with Gasteiger partial charge in [0.15, 0.2) is 0 Å². The van der Waals surface area contributed by atoms with Crippen LogP contribution in [0.5, 0.6) is 0 Å². The topological polar surface area (TPSA) is 38.3 Å². The monoisotopic (exact) mass is 295 g/mol. The minimum absolute atomic E-state index is 0.137. The predicted octanol–water partition coefficient (Wildman–Crippen LogP) is 3.84. The Morgan fingerprint density at radius 1 is 1.35 bits per heavy atom. The van der Waals surface area contributed by atoms with E-state index in [0.717, 1.165) is 11.3 Å². The van der Waals surface area contributed by atoms with Crippen LogP contribution in [0.4, 0.5) is 0 Å². The number of carbonyl (C=O) groups is 1. The molecule has 1 unspecified atom stereocenters. The Kier molecular flexibility index (Phi) is 6.05. The molecule has 1 fully saturated rings. The van der Waals surface area contributed by atoms with Crippen molar-refractivity contribution >= 4 is 17.3 Å². The number of nitrogens with one attached hydrogen (secondary N) is 1. The molecule has 1 saturated carbocycles. The Balaban J connectivity index is 2.08. The molecule has 1 heterocycles. The van der Waals surface area contributed by atoms with Crippen molar-refractivity contribution < 1.29 is 9.53 Å². The van der Waals surface area contributed by atoms with Crippen LogP contribution < -0.4 is 5.32 Å². The fourth-order valence-electron chi connectivity index (χ4n) is 2.74. The highest BCUT2D eigenvalue weighted by molar-refractivity contribution is 7.12. The molecule has 0 spiro atoms. The normalized spacial score (nSPS) is 17.9. The molecule has 112 valence electrons. The van der Waals surface area contributed by atoms with E-state index in [1.54, 1.807) is 11.3 Å². The summed E-state index contributed by atoms with van der Waals surface area (Å²) in [6.45, 7) is 4.44. The van der Waals surface area contributed by atoms with Gasteiger partial charge in [0.05, 0.1) is 6.61 Å². The molecule has 1 aromatic rings. The van der Waals surface area contributed by atoms with E-state index >= 15 is 0 Å². The highest BCUT2D eigenvalue weighted by Crippen LogP contribution is 2.27. The summed E-state index contributed by atoms with van der Waals surface area (Å²) >= 11 is 1.72. The van der Waals surface area contributed by atoms with Crippen LogP contribution in [-0.2, 0) is 16.0 Å². The Labute approximate surface area is 125 Å². The zero-order chi connectivity index (χ0) is 14.4. The van der Waals surface area contributed by atoms with Gasteiger partial charge in [0.2, 0.25) is 0 Å². The Morgan fingerprint density at radius 2 is 2.10 bits per heavy atom. The Bertz CT molecular complexity index is 424. The molecule has 1 aliphatic carbocycles. The molecule has 1 atom stereocenters. The van der Waals surface area contributed by atoms with Gasteiger partial charge in [-0.25, -0.2) is 4.79 Å². The van der Waals surface area contributed by atoms with Crippen molar-refractivity contribution in [2.24, 2.45) is 0 Å². The molecule has 1 aromatic heterocycles. The van der Waals surface area contributed by atoms with Crippen LogP contribution in [0.1, 0.15) is 61.7 Å². The second kappa shape index (κ2) is 7.79. The Morgan fingerprint density at radius 3 is 2.70 bits per heavy atom. The van der Waals surface area contributed by atoms with Crippen molar-refractivity contribution in [3.8, 4) is 0 Å². The molecule has 0 amide bonds. The highest BCUT2D eigenvalue weighted by atomic mass is 32.1. The molecule has 0 bridgehead atoms. The van der Waals surface area contributed by atoms with Crippen molar-refractivity contribution in [2.75, 3.05) is 6.61 Å². The van der Waals surface area contributed by atoms with E-state index in [1.807, 2.05) is 6.92 Å². The maximum atomic E-state index is 12.2. The van der Waals surface area contributed by atoms with E-state index in [4.69, 9.17) is 4.74 Å². The van der Waals surface area contributed by atoms with Crippen LogP contribution in [0, 0.1) is 0 Å². The molecule has 0 aliphatic heterocycles. The number of aryl methyl sites for hydroxylation is 1. The molecular weight excluding hydrogens is 270 g/mol. The van der Waals surface area contributed by atoms with E-state index in [-0.39, 0.29) is 12.0 Å². The van der Waals surface area contributed by atoms with Crippen LogP contribution in [0.25, 0.3) is 0 Å². The minimum Gasteiger partial charge on any atom is -0.465 e. The first kappa shape index (κ1) is 15.5. The molecule has 20 heavy (non-hydrogen) atoms. The van der Waals surface area contributed by atoms with Crippen molar-refractivity contribution in [3.05, 3.63) is 21.9 Å². The molecular formula is C16H25NO2S. The number of esters is 1. The minimum atomic E-state index is -0.289. The largest absolute Gasteiger partial charge is 0.465 e. The average molecular weight is 295 g/mol. The van der Waals surface area contributed by atoms with Crippen molar-refractivity contribution in [3.63, 3.8) is 0 Å². The molecule has 0 aromatic carbocycles. The van der Waals surface area contributed by atoms with Gasteiger partial charge < -0.3 is 4.74 Å². The summed E-state index contributed by atoms with van der Waals surface area (Å²) in [6.07, 6.45) is 7.20. The summed E-state index contributed by atoms with van der Waals surface area (Å²) in [5.74, 6) is -0.137. The van der Waals surface area contributed by atoms with E-state index in [2.05, 4.69) is 24.4 Å². The van der Waals surface area contributed by atoms with Gasteiger partial charge in [0.1, 0.15) is 6.04 Å². The Hall–Kier alpha value is -0.870. The molecule has 0 saturated heterocycles. The van der Waals surface area contributed by atoms with E-state index in [1.165, 1.54) is 37.0 Å². The van der Waals surface area contributed by atoms with Crippen LogP contribution in [-0.4, -0.2) is 18.6 Å². The molecule has 4 heteroatoms. The van der Waals surface area contributed by atoms with E-state index in [0.29, 0.717) is 12.6 Å². The van der Waals surface area contributed by atoms with Gasteiger partial charge in [-0.15, -0.1) is 11.3 Å². The van der Waals surface area contributed by atoms with Gasteiger partial charge in [-0.05, 0) is 38.3 Å². The SMILES string of the molecule is CCOC(=O)C(NC1CCCCC1)c1ccc(CC)s1. The lowest BCUT2D eigenvalue weighted by Gasteiger charge is -2.27. The molecule has 0 radical (unpaired) electrons. The van der Waals surface area contributed by atoms with Crippen molar-refractivity contribution in [2.45, 2.75) is 64.5 Å². The third-order valence-electron chi connectivity index (χ3n) is 3.85. The maximum Gasteiger partial charge on any atom is 0.328 e. The number of carbonyl (C=O) groups excluding carboxylic acids is 1. The molecule has 2 rings (SSSR count). The summed E-state index contributed by atoms with van der Waals surface area (Å²) < 4.78 is 5.25. The zero-order valence-electron chi connectivity index (χ0n) is 12.5. The predicted molar refractivity (Wildman–Crippen MR) is 83.1 cm³/mol. The first-order valence-corrected chi connectivity index (χ1v) is 8.57. The number of rotatable bonds is 6. The third kappa shape index (κ3) is 4.06. The summed E-state index contributed by atoms with van der Waals surface area (Å²) in [5, 5.41) is 3.53. The van der Waals surface area contributed by atoms with Gasteiger partial charge in [0.25, 0.3) is 0 Å². The van der Waals surface area contributed by atoms with Crippen molar-refractivity contribution in [1.82, 2.24) is 5.32 Å². The van der Waals surface area contributed by atoms with Crippen LogP contribution in [0.2, 0.25) is 0 Å². The van der Waals surface area contributed by atoms with Crippen LogP contribution >= 0.6 is 11.3 Å². The van der Waals surface area contributed by atoms with Crippen LogP contribution in [0.15, 0.2) is 12.1 Å². The number of thiophene rings is 1. The maximum absolute atomic E-state index is 12.2. The quantitative estimate of drug-likeness (QED) is 0.810. The van der Waals surface area contributed by atoms with Crippen LogP contribution in [0.3, 0.4) is 0 Å². The smallest absolute Gasteiger partial charge is 0.328 e. The summed E-state index contributed by atoms with van der Waals surface area (Å²) in [5.41, 5.74) is 0. The fraction of sp³-hybridized carbons (Fsp3) is 0.688. The molecule has 1 N–H and O–H groups in total. The average Bonchev–Trinajstić information content (AvgIpc) is 2.94. The lowest BCUT2D eigenvalue weighted by molar-refractivity contribution is -0.146. The molecule has 1 aliphatic rings. The van der Waals surface area contributed by atoms with Gasteiger partial charge in [-0.1, -0.05) is 26.2 Å². The zero-order valence-corrected chi connectivity index (χ0v) is 13.3. The second-order valence-corrected chi connectivity index (χ2v) is 6.54. The van der Waals surface area contributed by atoms with Crippen molar-refractivity contribution in [1.29, 1.82) is 0 Å². The third-order valence-corrected chi connectivity index (χ3v) is 5.14.